The summed E-state index contributed by atoms with van der Waals surface area (Å²) in [7, 11) is 0. The van der Waals surface area contributed by atoms with E-state index in [1.165, 1.54) is 0 Å². The molecule has 0 saturated carbocycles. The predicted molar refractivity (Wildman–Crippen MR) is 88.5 cm³/mol. The molecule has 4 nitrogen and oxygen atoms in total. The van der Waals surface area contributed by atoms with Gasteiger partial charge in [-0.3, -0.25) is 9.36 Å². The fourth-order valence-corrected chi connectivity index (χ4v) is 3.18. The molecule has 3 heterocycles. The van der Waals surface area contributed by atoms with Crippen molar-refractivity contribution in [2.24, 2.45) is 0 Å². The Morgan fingerprint density at radius 2 is 2.14 bits per heavy atom. The summed E-state index contributed by atoms with van der Waals surface area (Å²) in [6, 6.07) is 9.60. The fourth-order valence-electron chi connectivity index (χ4n) is 2.93. The lowest BCUT2D eigenvalue weighted by atomic mass is 10.1. The van der Waals surface area contributed by atoms with E-state index in [0.717, 1.165) is 27.1 Å². The van der Waals surface area contributed by atoms with Crippen molar-refractivity contribution in [1.29, 1.82) is 0 Å². The molecule has 1 aromatic carbocycles. The van der Waals surface area contributed by atoms with Gasteiger partial charge in [-0.15, -0.1) is 12.6 Å². The number of benzene rings is 1. The van der Waals surface area contributed by atoms with Gasteiger partial charge in [0.05, 0.1) is 23.2 Å². The monoisotopic (exact) mass is 310 g/mol. The van der Waals surface area contributed by atoms with Crippen LogP contribution in [0.1, 0.15) is 11.1 Å². The van der Waals surface area contributed by atoms with E-state index in [4.69, 9.17) is 4.74 Å². The molecule has 4 rings (SSSR count). The summed E-state index contributed by atoms with van der Waals surface area (Å²) in [5.41, 5.74) is 3.03. The normalized spacial score (nSPS) is 13.2. The Bertz CT molecular complexity index is 963. The molecule has 110 valence electrons. The number of hydrogen-bond acceptors (Lipinski definition) is 4. The molecule has 0 fully saturated rings. The van der Waals surface area contributed by atoms with Gasteiger partial charge in [0.25, 0.3) is 5.56 Å². The van der Waals surface area contributed by atoms with Gasteiger partial charge in [-0.2, -0.15) is 0 Å². The van der Waals surface area contributed by atoms with E-state index in [0.29, 0.717) is 24.4 Å². The molecule has 1 aliphatic rings. The van der Waals surface area contributed by atoms with E-state index in [-0.39, 0.29) is 5.56 Å². The van der Waals surface area contributed by atoms with Crippen LogP contribution in [-0.4, -0.2) is 16.2 Å². The molecule has 0 radical (unpaired) electrons. The summed E-state index contributed by atoms with van der Waals surface area (Å²) in [6.07, 6.45) is 2.32. The van der Waals surface area contributed by atoms with Crippen LogP contribution in [0.15, 0.2) is 46.2 Å². The third-order valence-electron chi connectivity index (χ3n) is 4.03. The van der Waals surface area contributed by atoms with E-state index in [1.54, 1.807) is 10.8 Å². The number of aromatic nitrogens is 2. The molecule has 0 unspecified atom stereocenters. The maximum Gasteiger partial charge on any atom is 0.263 e. The summed E-state index contributed by atoms with van der Waals surface area (Å²) in [6.45, 7) is 2.52. The van der Waals surface area contributed by atoms with Crippen LogP contribution in [0.3, 0.4) is 0 Å². The number of nitrogens with zero attached hydrogens (tertiary/aromatic N) is 2. The first-order valence-electron chi connectivity index (χ1n) is 7.13. The van der Waals surface area contributed by atoms with Crippen LogP contribution in [0.25, 0.3) is 16.7 Å². The van der Waals surface area contributed by atoms with Crippen molar-refractivity contribution in [1.82, 2.24) is 9.55 Å². The van der Waals surface area contributed by atoms with Crippen LogP contribution in [-0.2, 0) is 6.42 Å². The van der Waals surface area contributed by atoms with E-state index >= 15 is 0 Å². The number of ether oxygens (including phenoxy) is 1. The van der Waals surface area contributed by atoms with Crippen molar-refractivity contribution in [3.8, 4) is 11.4 Å². The number of fused-ring (bicyclic) bond motifs is 3. The van der Waals surface area contributed by atoms with Crippen LogP contribution in [0.2, 0.25) is 0 Å². The van der Waals surface area contributed by atoms with Gasteiger partial charge in [0.1, 0.15) is 5.75 Å². The first-order chi connectivity index (χ1) is 10.7. The maximum atomic E-state index is 12.9. The molecule has 0 aliphatic carbocycles. The van der Waals surface area contributed by atoms with Crippen molar-refractivity contribution in [3.05, 3.63) is 58.0 Å². The number of rotatable bonds is 1. The summed E-state index contributed by atoms with van der Waals surface area (Å²) in [5, 5.41) is 0.865. The van der Waals surface area contributed by atoms with Crippen LogP contribution < -0.4 is 10.3 Å². The zero-order valence-corrected chi connectivity index (χ0v) is 12.9. The molecular formula is C17H14N2O2S. The zero-order chi connectivity index (χ0) is 15.3. The highest BCUT2D eigenvalue weighted by Crippen LogP contribution is 2.33. The second-order valence-corrected chi connectivity index (χ2v) is 5.81. The fraction of sp³-hybridized carbons (Fsp3) is 0.176. The average molecular weight is 310 g/mol. The van der Waals surface area contributed by atoms with E-state index < -0.39 is 0 Å². The van der Waals surface area contributed by atoms with Crippen molar-refractivity contribution in [2.45, 2.75) is 18.2 Å². The minimum Gasteiger partial charge on any atom is -0.492 e. The third kappa shape index (κ3) is 1.78. The second kappa shape index (κ2) is 4.88. The number of aryl methyl sites for hydroxylation is 1. The molecule has 0 saturated heterocycles. The lowest BCUT2D eigenvalue weighted by Gasteiger charge is -2.15. The third-order valence-corrected chi connectivity index (χ3v) is 4.62. The second-order valence-electron chi connectivity index (χ2n) is 5.36. The highest BCUT2D eigenvalue weighted by Gasteiger charge is 2.24. The van der Waals surface area contributed by atoms with E-state index in [1.807, 2.05) is 37.3 Å². The lowest BCUT2D eigenvalue weighted by molar-refractivity contribution is 0.360. The van der Waals surface area contributed by atoms with Crippen LogP contribution in [0.4, 0.5) is 0 Å². The summed E-state index contributed by atoms with van der Waals surface area (Å²) in [5.74, 6) is 0.678. The van der Waals surface area contributed by atoms with E-state index in [9.17, 15) is 4.79 Å². The Morgan fingerprint density at radius 3 is 3.00 bits per heavy atom. The smallest absolute Gasteiger partial charge is 0.263 e. The summed E-state index contributed by atoms with van der Waals surface area (Å²) < 4.78 is 7.32. The molecule has 2 aromatic heterocycles. The SMILES string of the molecule is Cc1cccc(-n2c(=O)c3c(c4cccnc42)OCC3)c1S. The molecule has 0 N–H and O–H groups in total. The van der Waals surface area contributed by atoms with Gasteiger partial charge in [-0.25, -0.2) is 4.98 Å². The summed E-state index contributed by atoms with van der Waals surface area (Å²) in [4.78, 5) is 18.2. The highest BCUT2D eigenvalue weighted by molar-refractivity contribution is 7.80. The number of hydrogen-bond donors (Lipinski definition) is 1. The predicted octanol–water partition coefficient (Wildman–Crippen LogP) is 2.92. The Hall–Kier alpha value is -2.27. The van der Waals surface area contributed by atoms with Gasteiger partial charge in [-0.1, -0.05) is 12.1 Å². The molecule has 22 heavy (non-hydrogen) atoms. The van der Waals surface area contributed by atoms with E-state index in [2.05, 4.69) is 17.6 Å². The van der Waals surface area contributed by atoms with Crippen LogP contribution >= 0.6 is 12.6 Å². The minimum atomic E-state index is -0.0698. The van der Waals surface area contributed by atoms with Gasteiger partial charge in [0.15, 0.2) is 5.65 Å². The molecule has 0 atom stereocenters. The Labute approximate surface area is 132 Å². The molecule has 5 heteroatoms. The minimum absolute atomic E-state index is 0.0698. The Balaban J connectivity index is 2.19. The molecule has 0 bridgehead atoms. The molecule has 3 aromatic rings. The standard InChI is InChI=1S/C17H14N2O2S/c1-10-4-2-6-13(15(10)22)19-16-11(5-3-8-18-16)14-12(17(19)20)7-9-21-14/h2-6,8,22H,7,9H2,1H3. The Kier molecular flexibility index (Phi) is 2.97. The first kappa shape index (κ1) is 13.4. The number of pyridine rings is 2. The van der Waals surface area contributed by atoms with Crippen molar-refractivity contribution in [2.75, 3.05) is 6.61 Å². The van der Waals surface area contributed by atoms with Gasteiger partial charge in [-0.05, 0) is 30.7 Å². The quantitative estimate of drug-likeness (QED) is 0.703. The maximum absolute atomic E-state index is 12.9. The van der Waals surface area contributed by atoms with Crippen molar-refractivity contribution in [3.63, 3.8) is 0 Å². The molecular weight excluding hydrogens is 296 g/mol. The van der Waals surface area contributed by atoms with Gasteiger partial charge in [0, 0.05) is 17.5 Å². The molecule has 1 aliphatic heterocycles. The number of thiol groups is 1. The van der Waals surface area contributed by atoms with Crippen LogP contribution in [0, 0.1) is 6.92 Å². The van der Waals surface area contributed by atoms with Crippen molar-refractivity contribution >= 4 is 23.7 Å². The Morgan fingerprint density at radius 1 is 1.27 bits per heavy atom. The zero-order valence-electron chi connectivity index (χ0n) is 12.0. The molecule has 0 spiro atoms. The van der Waals surface area contributed by atoms with Crippen molar-refractivity contribution < 1.29 is 4.74 Å². The average Bonchev–Trinajstić information content (AvgIpc) is 3.02. The summed E-state index contributed by atoms with van der Waals surface area (Å²) >= 11 is 4.58. The highest BCUT2D eigenvalue weighted by atomic mass is 32.1. The lowest BCUT2D eigenvalue weighted by Crippen LogP contribution is -2.23. The topological polar surface area (TPSA) is 44.1 Å². The van der Waals surface area contributed by atoms with Gasteiger partial charge >= 0.3 is 0 Å². The largest absolute Gasteiger partial charge is 0.492 e. The van der Waals surface area contributed by atoms with Crippen LogP contribution in [0.5, 0.6) is 5.75 Å². The first-order valence-corrected chi connectivity index (χ1v) is 7.57. The molecule has 0 amide bonds. The van der Waals surface area contributed by atoms with Gasteiger partial charge in [0.2, 0.25) is 0 Å². The van der Waals surface area contributed by atoms with Gasteiger partial charge < -0.3 is 4.74 Å².